The number of nitrogens with zero attached hydrogens (tertiary/aromatic N) is 2. The van der Waals surface area contributed by atoms with Crippen LogP contribution in [0.4, 0.5) is 0 Å². The lowest BCUT2D eigenvalue weighted by Crippen LogP contribution is -2.37. The molecular weight excluding hydrogens is 272 g/mol. The zero-order valence-electron chi connectivity index (χ0n) is 12.1. The van der Waals surface area contributed by atoms with Gasteiger partial charge in [-0.3, -0.25) is 14.4 Å². The van der Waals surface area contributed by atoms with Crippen LogP contribution in [0.15, 0.2) is 29.2 Å². The lowest BCUT2D eigenvalue weighted by molar-refractivity contribution is -0.148. The number of aliphatic carboxylic acids is 1. The van der Waals surface area contributed by atoms with Crippen molar-refractivity contribution in [2.45, 2.75) is 32.7 Å². The quantitative estimate of drug-likeness (QED) is 0.876. The maximum atomic E-state index is 12.2. The van der Waals surface area contributed by atoms with E-state index in [9.17, 15) is 19.5 Å². The molecule has 1 N–H and O–H groups in total. The number of aromatic nitrogens is 1. The van der Waals surface area contributed by atoms with Crippen LogP contribution in [0.1, 0.15) is 26.2 Å². The molecule has 1 unspecified atom stereocenters. The Morgan fingerprint density at radius 1 is 1.38 bits per heavy atom. The van der Waals surface area contributed by atoms with Crippen molar-refractivity contribution < 1.29 is 14.7 Å². The number of aryl methyl sites for hydroxylation is 1. The summed E-state index contributed by atoms with van der Waals surface area (Å²) in [5.41, 5.74) is -0.945. The number of carbonyl (C=O) groups excluding carboxylic acids is 1. The van der Waals surface area contributed by atoms with Crippen molar-refractivity contribution in [1.82, 2.24) is 9.47 Å². The third-order valence-corrected chi connectivity index (χ3v) is 4.30. The predicted octanol–water partition coefficient (Wildman–Crippen LogP) is 0.952. The van der Waals surface area contributed by atoms with Crippen LogP contribution in [0, 0.1) is 5.41 Å². The van der Waals surface area contributed by atoms with Gasteiger partial charge < -0.3 is 14.6 Å². The molecule has 21 heavy (non-hydrogen) atoms. The molecule has 1 fully saturated rings. The molecule has 114 valence electrons. The number of carboxylic acids is 1. The highest BCUT2D eigenvalue weighted by Crippen LogP contribution is 2.34. The van der Waals surface area contributed by atoms with E-state index < -0.39 is 11.4 Å². The van der Waals surface area contributed by atoms with E-state index in [-0.39, 0.29) is 24.4 Å². The lowest BCUT2D eigenvalue weighted by Gasteiger charge is -2.23. The molecule has 1 atom stereocenters. The normalized spacial score (nSPS) is 21.5. The minimum absolute atomic E-state index is 0.0951. The molecule has 0 bridgehead atoms. The molecule has 1 aliphatic heterocycles. The van der Waals surface area contributed by atoms with Gasteiger partial charge in [-0.25, -0.2) is 0 Å². The Morgan fingerprint density at radius 2 is 2.14 bits per heavy atom. The van der Waals surface area contributed by atoms with Crippen LogP contribution in [0.25, 0.3) is 0 Å². The van der Waals surface area contributed by atoms with Gasteiger partial charge in [0.05, 0.1) is 5.41 Å². The van der Waals surface area contributed by atoms with Crippen LogP contribution in [0.3, 0.4) is 0 Å². The first-order valence-corrected chi connectivity index (χ1v) is 7.15. The second kappa shape index (κ2) is 6.11. The average Bonchev–Trinajstić information content (AvgIpc) is 2.92. The minimum Gasteiger partial charge on any atom is -0.481 e. The third-order valence-electron chi connectivity index (χ3n) is 4.30. The van der Waals surface area contributed by atoms with Crippen LogP contribution >= 0.6 is 0 Å². The number of carbonyl (C=O) groups is 2. The highest BCUT2D eigenvalue weighted by molar-refractivity contribution is 5.80. The number of rotatable bonds is 5. The molecule has 0 spiro atoms. The van der Waals surface area contributed by atoms with E-state index in [0.717, 1.165) is 0 Å². The van der Waals surface area contributed by atoms with Gasteiger partial charge in [0.1, 0.15) is 0 Å². The molecule has 2 heterocycles. The summed E-state index contributed by atoms with van der Waals surface area (Å²) in [6.07, 6.45) is 2.87. The minimum atomic E-state index is -0.834. The van der Waals surface area contributed by atoms with E-state index in [4.69, 9.17) is 0 Å². The maximum Gasteiger partial charge on any atom is 0.311 e. The number of hydrogen-bond acceptors (Lipinski definition) is 3. The van der Waals surface area contributed by atoms with Gasteiger partial charge in [0.15, 0.2) is 0 Å². The summed E-state index contributed by atoms with van der Waals surface area (Å²) < 4.78 is 1.48. The summed E-state index contributed by atoms with van der Waals surface area (Å²) in [7, 11) is 0. The zero-order valence-corrected chi connectivity index (χ0v) is 12.1. The second-order valence-corrected chi connectivity index (χ2v) is 5.49. The molecular formula is C15H20N2O4. The lowest BCUT2D eigenvalue weighted by atomic mass is 9.84. The van der Waals surface area contributed by atoms with E-state index in [1.54, 1.807) is 23.2 Å². The average molecular weight is 292 g/mol. The third kappa shape index (κ3) is 3.15. The SMILES string of the molecule is CCC1(C(=O)O)CCN(C(=O)CCn2ccccc2=O)C1. The Labute approximate surface area is 123 Å². The number of pyridine rings is 1. The van der Waals surface area contributed by atoms with Crippen molar-refractivity contribution >= 4 is 11.9 Å². The molecule has 2 rings (SSSR count). The Balaban J connectivity index is 1.95. The molecule has 0 radical (unpaired) electrons. The van der Waals surface area contributed by atoms with Gasteiger partial charge in [0.2, 0.25) is 5.91 Å². The fraction of sp³-hybridized carbons (Fsp3) is 0.533. The molecule has 1 aromatic rings. The van der Waals surface area contributed by atoms with Gasteiger partial charge in [0, 0.05) is 38.3 Å². The molecule has 6 heteroatoms. The van der Waals surface area contributed by atoms with Crippen LogP contribution in [-0.4, -0.2) is 39.5 Å². The monoisotopic (exact) mass is 292 g/mol. The Bertz CT molecular complexity index is 595. The fourth-order valence-electron chi connectivity index (χ4n) is 2.72. The topological polar surface area (TPSA) is 79.6 Å². The number of likely N-dealkylation sites (tertiary alicyclic amines) is 1. The Hall–Kier alpha value is -2.11. The Kier molecular flexibility index (Phi) is 4.45. The smallest absolute Gasteiger partial charge is 0.311 e. The summed E-state index contributed by atoms with van der Waals surface area (Å²) in [4.78, 5) is 36.7. The van der Waals surface area contributed by atoms with E-state index >= 15 is 0 Å². The highest BCUT2D eigenvalue weighted by atomic mass is 16.4. The fourth-order valence-corrected chi connectivity index (χ4v) is 2.72. The molecule has 1 aromatic heterocycles. The predicted molar refractivity (Wildman–Crippen MR) is 76.9 cm³/mol. The highest BCUT2D eigenvalue weighted by Gasteiger charge is 2.44. The van der Waals surface area contributed by atoms with Crippen molar-refractivity contribution in [3.05, 3.63) is 34.7 Å². The molecule has 1 amide bonds. The second-order valence-electron chi connectivity index (χ2n) is 5.49. The van der Waals surface area contributed by atoms with Gasteiger partial charge in [-0.05, 0) is 18.9 Å². The van der Waals surface area contributed by atoms with Crippen LogP contribution < -0.4 is 5.56 Å². The van der Waals surface area contributed by atoms with E-state index in [2.05, 4.69) is 0 Å². The number of carboxylic acid groups (broad SMARTS) is 1. The summed E-state index contributed by atoms with van der Waals surface area (Å²) >= 11 is 0. The summed E-state index contributed by atoms with van der Waals surface area (Å²) in [5, 5.41) is 9.32. The molecule has 0 aliphatic carbocycles. The molecule has 1 aliphatic rings. The van der Waals surface area contributed by atoms with E-state index in [1.165, 1.54) is 10.6 Å². The first-order valence-electron chi connectivity index (χ1n) is 7.15. The first kappa shape index (κ1) is 15.3. The van der Waals surface area contributed by atoms with Crippen LogP contribution in [0.5, 0.6) is 0 Å². The van der Waals surface area contributed by atoms with Gasteiger partial charge in [-0.1, -0.05) is 13.0 Å². The Morgan fingerprint density at radius 3 is 2.71 bits per heavy atom. The van der Waals surface area contributed by atoms with Crippen LogP contribution in [0.2, 0.25) is 0 Å². The van der Waals surface area contributed by atoms with E-state index in [0.29, 0.717) is 25.9 Å². The summed E-state index contributed by atoms with van der Waals surface area (Å²) in [6, 6.07) is 4.85. The van der Waals surface area contributed by atoms with Gasteiger partial charge in [0.25, 0.3) is 5.56 Å². The van der Waals surface area contributed by atoms with Crippen molar-refractivity contribution in [2.24, 2.45) is 5.41 Å². The maximum absolute atomic E-state index is 12.2. The van der Waals surface area contributed by atoms with Crippen molar-refractivity contribution in [2.75, 3.05) is 13.1 Å². The van der Waals surface area contributed by atoms with Crippen molar-refractivity contribution in [3.63, 3.8) is 0 Å². The van der Waals surface area contributed by atoms with Crippen molar-refractivity contribution in [1.29, 1.82) is 0 Å². The van der Waals surface area contributed by atoms with Gasteiger partial charge >= 0.3 is 5.97 Å². The molecule has 0 aromatic carbocycles. The standard InChI is InChI=1S/C15H20N2O4/c1-2-15(14(20)21)7-10-17(11-15)13(19)6-9-16-8-4-3-5-12(16)18/h3-5,8H,2,6-7,9-11H2,1H3,(H,20,21). The molecule has 1 saturated heterocycles. The van der Waals surface area contributed by atoms with Crippen molar-refractivity contribution in [3.8, 4) is 0 Å². The largest absolute Gasteiger partial charge is 0.481 e. The number of amides is 1. The zero-order chi connectivity index (χ0) is 15.5. The summed E-state index contributed by atoms with van der Waals surface area (Å²) in [5.74, 6) is -0.929. The van der Waals surface area contributed by atoms with Gasteiger partial charge in [-0.15, -0.1) is 0 Å². The molecule has 6 nitrogen and oxygen atoms in total. The molecule has 0 saturated carbocycles. The number of hydrogen-bond donors (Lipinski definition) is 1. The summed E-state index contributed by atoms with van der Waals surface area (Å²) in [6.45, 7) is 2.90. The van der Waals surface area contributed by atoms with Crippen LogP contribution in [-0.2, 0) is 16.1 Å². The first-order chi connectivity index (χ1) is 9.98. The van der Waals surface area contributed by atoms with Gasteiger partial charge in [-0.2, -0.15) is 0 Å². The van der Waals surface area contributed by atoms with E-state index in [1.807, 2.05) is 6.92 Å².